The Kier molecular flexibility index (Phi) is 2.37. The van der Waals surface area contributed by atoms with Crippen molar-refractivity contribution in [2.45, 2.75) is 13.8 Å². The third-order valence-electron chi connectivity index (χ3n) is 1.62. The minimum Gasteiger partial charge on any atom is -0.382 e. The first-order valence-electron chi connectivity index (χ1n) is 3.69. The molecule has 2 heteroatoms. The molecule has 0 atom stereocenters. The maximum Gasteiger partial charge on any atom is 0.0529 e. The topological polar surface area (TPSA) is 24.1 Å². The summed E-state index contributed by atoms with van der Waals surface area (Å²) in [5.41, 5.74) is 2.43. The molecule has 0 bridgehead atoms. The second-order valence-corrected chi connectivity index (χ2v) is 2.26. The number of allylic oxidation sites excluding steroid dienone is 2. The van der Waals surface area contributed by atoms with Crippen LogP contribution in [-0.4, -0.2) is 13.1 Å². The van der Waals surface area contributed by atoms with Crippen molar-refractivity contribution in [2.24, 2.45) is 0 Å². The van der Waals surface area contributed by atoms with Crippen LogP contribution < -0.4 is 10.6 Å². The number of piperazine rings is 1. The van der Waals surface area contributed by atoms with E-state index in [1.165, 1.54) is 11.4 Å². The summed E-state index contributed by atoms with van der Waals surface area (Å²) in [5.74, 6) is 0. The van der Waals surface area contributed by atoms with Crippen molar-refractivity contribution >= 4 is 0 Å². The van der Waals surface area contributed by atoms with E-state index in [-0.39, 0.29) is 0 Å². The van der Waals surface area contributed by atoms with Gasteiger partial charge in [0.25, 0.3) is 0 Å². The first kappa shape index (κ1) is 7.19. The standard InChI is InChI=1S/C8H14N2/c1-3-7-8(4-2)10-6-5-9-7/h3-4,9-10H,5-6H2,1-2H3. The molecule has 1 saturated heterocycles. The van der Waals surface area contributed by atoms with Crippen LogP contribution in [0.2, 0.25) is 0 Å². The first-order valence-corrected chi connectivity index (χ1v) is 3.69. The minimum atomic E-state index is 1.02. The molecule has 0 aromatic heterocycles. The van der Waals surface area contributed by atoms with Gasteiger partial charge in [-0.15, -0.1) is 0 Å². The van der Waals surface area contributed by atoms with E-state index in [1.54, 1.807) is 0 Å². The summed E-state index contributed by atoms with van der Waals surface area (Å²) in [6.45, 7) is 6.13. The van der Waals surface area contributed by atoms with Crippen molar-refractivity contribution in [3.63, 3.8) is 0 Å². The van der Waals surface area contributed by atoms with Crippen LogP contribution in [0.3, 0.4) is 0 Å². The summed E-state index contributed by atoms with van der Waals surface area (Å²) in [4.78, 5) is 0. The fourth-order valence-corrected chi connectivity index (χ4v) is 1.10. The highest BCUT2D eigenvalue weighted by molar-refractivity contribution is 5.28. The van der Waals surface area contributed by atoms with Gasteiger partial charge in [0.15, 0.2) is 0 Å². The van der Waals surface area contributed by atoms with Gasteiger partial charge in [0.1, 0.15) is 0 Å². The van der Waals surface area contributed by atoms with Gasteiger partial charge < -0.3 is 10.6 Å². The van der Waals surface area contributed by atoms with Gasteiger partial charge >= 0.3 is 0 Å². The molecule has 2 nitrogen and oxygen atoms in total. The number of rotatable bonds is 0. The molecule has 1 aliphatic rings. The minimum absolute atomic E-state index is 1.02. The summed E-state index contributed by atoms with van der Waals surface area (Å²) in [7, 11) is 0. The van der Waals surface area contributed by atoms with Crippen molar-refractivity contribution in [3.8, 4) is 0 Å². The van der Waals surface area contributed by atoms with E-state index in [4.69, 9.17) is 0 Å². The lowest BCUT2D eigenvalue weighted by Crippen LogP contribution is -2.36. The Hall–Kier alpha value is -0.920. The number of hydrogen-bond acceptors (Lipinski definition) is 2. The Morgan fingerprint density at radius 1 is 1.00 bits per heavy atom. The summed E-state index contributed by atoms with van der Waals surface area (Å²) in [6, 6.07) is 0. The zero-order valence-electron chi connectivity index (χ0n) is 6.57. The van der Waals surface area contributed by atoms with Crippen molar-refractivity contribution in [2.75, 3.05) is 13.1 Å². The molecule has 0 aromatic carbocycles. The Morgan fingerprint density at radius 2 is 1.40 bits per heavy atom. The van der Waals surface area contributed by atoms with Crippen molar-refractivity contribution in [1.29, 1.82) is 0 Å². The third kappa shape index (κ3) is 1.32. The van der Waals surface area contributed by atoms with E-state index in [1.807, 2.05) is 13.8 Å². The molecule has 1 fully saturated rings. The van der Waals surface area contributed by atoms with Crippen LogP contribution in [0.15, 0.2) is 23.5 Å². The first-order chi connectivity index (χ1) is 4.88. The van der Waals surface area contributed by atoms with Crippen LogP contribution in [0, 0.1) is 0 Å². The molecule has 1 rings (SSSR count). The Bertz CT molecular complexity index is 148. The average Bonchev–Trinajstić information content (AvgIpc) is 2.04. The van der Waals surface area contributed by atoms with E-state index in [2.05, 4.69) is 22.8 Å². The van der Waals surface area contributed by atoms with E-state index < -0.39 is 0 Å². The van der Waals surface area contributed by atoms with Crippen LogP contribution >= 0.6 is 0 Å². The highest BCUT2D eigenvalue weighted by Gasteiger charge is 2.05. The zero-order valence-corrected chi connectivity index (χ0v) is 6.57. The van der Waals surface area contributed by atoms with Crippen LogP contribution in [0.1, 0.15) is 13.8 Å². The number of nitrogens with one attached hydrogen (secondary N) is 2. The van der Waals surface area contributed by atoms with Crippen LogP contribution in [0.25, 0.3) is 0 Å². The normalized spacial score (nSPS) is 26.2. The van der Waals surface area contributed by atoms with Gasteiger partial charge in [-0.1, -0.05) is 12.2 Å². The maximum absolute atomic E-state index is 3.30. The second-order valence-electron chi connectivity index (χ2n) is 2.26. The second kappa shape index (κ2) is 3.30. The monoisotopic (exact) mass is 138 g/mol. The van der Waals surface area contributed by atoms with E-state index in [0.717, 1.165) is 13.1 Å². The van der Waals surface area contributed by atoms with Crippen molar-refractivity contribution < 1.29 is 0 Å². The van der Waals surface area contributed by atoms with Crippen molar-refractivity contribution in [3.05, 3.63) is 23.5 Å². The lowest BCUT2D eigenvalue weighted by atomic mass is 10.2. The Labute approximate surface area is 62.0 Å². The third-order valence-corrected chi connectivity index (χ3v) is 1.62. The molecule has 0 amide bonds. The van der Waals surface area contributed by atoms with Crippen LogP contribution in [0.4, 0.5) is 0 Å². The SMILES string of the molecule is CC=C1NCCNC1=CC. The molecule has 0 spiro atoms. The quantitative estimate of drug-likeness (QED) is 0.521. The molecule has 1 heterocycles. The molecular formula is C8H14N2. The van der Waals surface area contributed by atoms with Gasteiger partial charge in [0, 0.05) is 13.1 Å². The molecule has 0 aliphatic carbocycles. The molecule has 0 unspecified atom stereocenters. The van der Waals surface area contributed by atoms with Crippen LogP contribution in [0.5, 0.6) is 0 Å². The van der Waals surface area contributed by atoms with Gasteiger partial charge in [-0.25, -0.2) is 0 Å². The predicted molar refractivity (Wildman–Crippen MR) is 43.5 cm³/mol. The average molecular weight is 138 g/mol. The molecule has 0 aromatic rings. The Balaban J connectivity index is 2.69. The summed E-state index contributed by atoms with van der Waals surface area (Å²) in [6.07, 6.45) is 4.17. The molecular weight excluding hydrogens is 124 g/mol. The summed E-state index contributed by atoms with van der Waals surface area (Å²) >= 11 is 0. The molecule has 0 radical (unpaired) electrons. The van der Waals surface area contributed by atoms with Gasteiger partial charge in [0.2, 0.25) is 0 Å². The van der Waals surface area contributed by atoms with E-state index >= 15 is 0 Å². The maximum atomic E-state index is 3.30. The highest BCUT2D eigenvalue weighted by Crippen LogP contribution is 2.04. The van der Waals surface area contributed by atoms with E-state index in [0.29, 0.717) is 0 Å². The molecule has 1 aliphatic heterocycles. The van der Waals surface area contributed by atoms with Crippen LogP contribution in [-0.2, 0) is 0 Å². The zero-order chi connectivity index (χ0) is 7.40. The predicted octanol–water partition coefficient (Wildman–Crippen LogP) is 0.987. The van der Waals surface area contributed by atoms with Gasteiger partial charge in [-0.3, -0.25) is 0 Å². The lowest BCUT2D eigenvalue weighted by molar-refractivity contribution is 0.655. The van der Waals surface area contributed by atoms with Crippen molar-refractivity contribution in [1.82, 2.24) is 10.6 Å². The largest absolute Gasteiger partial charge is 0.382 e. The summed E-state index contributed by atoms with van der Waals surface area (Å²) in [5, 5.41) is 6.60. The molecule has 2 N–H and O–H groups in total. The molecule has 10 heavy (non-hydrogen) atoms. The summed E-state index contributed by atoms with van der Waals surface area (Å²) < 4.78 is 0. The fraction of sp³-hybridized carbons (Fsp3) is 0.500. The Morgan fingerprint density at radius 3 is 1.70 bits per heavy atom. The van der Waals surface area contributed by atoms with E-state index in [9.17, 15) is 0 Å². The highest BCUT2D eigenvalue weighted by atomic mass is 15.0. The molecule has 0 saturated carbocycles. The smallest absolute Gasteiger partial charge is 0.0529 e. The fourth-order valence-electron chi connectivity index (χ4n) is 1.10. The molecule has 56 valence electrons. The van der Waals surface area contributed by atoms with Gasteiger partial charge in [0.05, 0.1) is 11.4 Å². The number of hydrogen-bond donors (Lipinski definition) is 2. The van der Waals surface area contributed by atoms with Gasteiger partial charge in [-0.2, -0.15) is 0 Å². The van der Waals surface area contributed by atoms with Gasteiger partial charge in [-0.05, 0) is 13.8 Å². The lowest BCUT2D eigenvalue weighted by Gasteiger charge is -2.21.